The average molecular weight is 225 g/mol. The van der Waals surface area contributed by atoms with Crippen molar-refractivity contribution in [3.05, 3.63) is 23.2 Å². The van der Waals surface area contributed by atoms with Gasteiger partial charge in [-0.25, -0.2) is 14.8 Å². The molecule has 0 aliphatic heterocycles. The lowest BCUT2D eigenvalue weighted by atomic mass is 10.3. The zero-order valence-electron chi connectivity index (χ0n) is 7.64. The monoisotopic (exact) mass is 224 g/mol. The van der Waals surface area contributed by atoms with E-state index >= 15 is 0 Å². The topological polar surface area (TPSA) is 77.9 Å². The first-order chi connectivity index (χ1) is 7.20. The number of aromatic nitrogens is 4. The second-order valence-electron chi connectivity index (χ2n) is 2.63. The van der Waals surface area contributed by atoms with E-state index in [1.807, 2.05) is 0 Å². The molecule has 2 rings (SSSR count). The number of carbonyl (C=O) groups is 1. The number of pyridine rings is 1. The lowest BCUT2D eigenvalue weighted by molar-refractivity contribution is 0.0594. The van der Waals surface area contributed by atoms with Gasteiger partial charge in [-0.15, -0.1) is 10.2 Å². The fraction of sp³-hybridized carbons (Fsp3) is 0.125. The third-order valence-electron chi connectivity index (χ3n) is 1.71. The molecule has 2 aromatic rings. The number of hydrogen-bond donors (Lipinski definition) is 0. The predicted molar refractivity (Wildman–Crippen MR) is 51.5 cm³/mol. The number of esters is 1. The highest BCUT2D eigenvalue weighted by Gasteiger charge is 2.09. The molecule has 0 saturated heterocycles. The standard InChI is InChI=1S/C8H5ClN4O2/c1-15-7(14)5-2-4-6(3-10-5)11-8(9)13-12-4/h2-3H,1H3. The number of ether oxygens (including phenoxy) is 1. The third kappa shape index (κ3) is 1.84. The van der Waals surface area contributed by atoms with E-state index in [0.717, 1.165) is 0 Å². The molecule has 0 spiro atoms. The van der Waals surface area contributed by atoms with Gasteiger partial charge in [0.2, 0.25) is 5.28 Å². The first-order valence-electron chi connectivity index (χ1n) is 3.95. The molecule has 0 unspecified atom stereocenters. The van der Waals surface area contributed by atoms with Gasteiger partial charge < -0.3 is 4.74 Å². The normalized spacial score (nSPS) is 10.3. The molecule has 0 radical (unpaired) electrons. The van der Waals surface area contributed by atoms with E-state index in [1.54, 1.807) is 0 Å². The molecule has 0 saturated carbocycles. The van der Waals surface area contributed by atoms with Crippen LogP contribution in [0.25, 0.3) is 11.0 Å². The Balaban J connectivity index is 2.57. The van der Waals surface area contributed by atoms with Crippen molar-refractivity contribution < 1.29 is 9.53 Å². The summed E-state index contributed by atoms with van der Waals surface area (Å²) in [5.74, 6) is -0.534. The van der Waals surface area contributed by atoms with E-state index < -0.39 is 5.97 Å². The van der Waals surface area contributed by atoms with Crippen LogP contribution in [0, 0.1) is 0 Å². The quantitative estimate of drug-likeness (QED) is 0.669. The largest absolute Gasteiger partial charge is 0.464 e. The Morgan fingerprint density at radius 3 is 2.93 bits per heavy atom. The second kappa shape index (κ2) is 3.74. The Morgan fingerprint density at radius 2 is 2.20 bits per heavy atom. The summed E-state index contributed by atoms with van der Waals surface area (Å²) >= 11 is 5.54. The minimum atomic E-state index is -0.534. The summed E-state index contributed by atoms with van der Waals surface area (Å²) in [6.07, 6.45) is 1.39. The van der Waals surface area contributed by atoms with Crippen LogP contribution in [0.1, 0.15) is 10.5 Å². The van der Waals surface area contributed by atoms with E-state index in [0.29, 0.717) is 11.0 Å². The van der Waals surface area contributed by atoms with Crippen LogP contribution in [0.2, 0.25) is 5.28 Å². The fourth-order valence-electron chi connectivity index (χ4n) is 1.04. The lowest BCUT2D eigenvalue weighted by Crippen LogP contribution is -2.04. The molecule has 0 aliphatic carbocycles. The van der Waals surface area contributed by atoms with Crippen molar-refractivity contribution in [3.8, 4) is 0 Å². The number of rotatable bonds is 1. The molecule has 15 heavy (non-hydrogen) atoms. The van der Waals surface area contributed by atoms with Gasteiger partial charge in [0.1, 0.15) is 11.0 Å². The van der Waals surface area contributed by atoms with E-state index in [4.69, 9.17) is 11.6 Å². The molecule has 2 aromatic heterocycles. The maximum absolute atomic E-state index is 11.1. The molecule has 7 heteroatoms. The van der Waals surface area contributed by atoms with Crippen LogP contribution in [0.3, 0.4) is 0 Å². The summed E-state index contributed by atoms with van der Waals surface area (Å²) in [7, 11) is 1.28. The van der Waals surface area contributed by atoms with Crippen molar-refractivity contribution in [1.82, 2.24) is 20.2 Å². The lowest BCUT2D eigenvalue weighted by Gasteiger charge is -1.99. The van der Waals surface area contributed by atoms with E-state index in [1.165, 1.54) is 19.4 Å². The maximum atomic E-state index is 11.1. The van der Waals surface area contributed by atoms with E-state index in [2.05, 4.69) is 24.9 Å². The Morgan fingerprint density at radius 1 is 1.40 bits per heavy atom. The number of halogens is 1. The maximum Gasteiger partial charge on any atom is 0.356 e. The van der Waals surface area contributed by atoms with Gasteiger partial charge in [0, 0.05) is 6.07 Å². The van der Waals surface area contributed by atoms with Gasteiger partial charge in [0.05, 0.1) is 13.3 Å². The van der Waals surface area contributed by atoms with E-state index in [-0.39, 0.29) is 11.0 Å². The van der Waals surface area contributed by atoms with Crippen molar-refractivity contribution in [1.29, 1.82) is 0 Å². The van der Waals surface area contributed by atoms with Crippen molar-refractivity contribution in [2.45, 2.75) is 0 Å². The molecular weight excluding hydrogens is 220 g/mol. The SMILES string of the molecule is COC(=O)c1cc2nnc(Cl)nc2cn1. The molecule has 0 bridgehead atoms. The van der Waals surface area contributed by atoms with Crippen LogP contribution in [0.5, 0.6) is 0 Å². The zero-order valence-corrected chi connectivity index (χ0v) is 8.39. The molecule has 0 aliphatic rings. The highest BCUT2D eigenvalue weighted by Crippen LogP contribution is 2.10. The van der Waals surface area contributed by atoms with Crippen LogP contribution in [-0.2, 0) is 4.74 Å². The molecule has 0 atom stereocenters. The highest BCUT2D eigenvalue weighted by molar-refractivity contribution is 6.28. The van der Waals surface area contributed by atoms with Gasteiger partial charge in [-0.2, -0.15) is 0 Å². The van der Waals surface area contributed by atoms with Crippen LogP contribution < -0.4 is 0 Å². The van der Waals surface area contributed by atoms with Gasteiger partial charge in [0.25, 0.3) is 0 Å². The van der Waals surface area contributed by atoms with Gasteiger partial charge in [-0.3, -0.25) is 0 Å². The number of carbonyl (C=O) groups excluding carboxylic acids is 1. The number of nitrogens with zero attached hydrogens (tertiary/aromatic N) is 4. The van der Waals surface area contributed by atoms with Crippen molar-refractivity contribution in [2.24, 2.45) is 0 Å². The van der Waals surface area contributed by atoms with Gasteiger partial charge in [0.15, 0.2) is 5.69 Å². The Hall–Kier alpha value is -1.82. The summed E-state index contributed by atoms with van der Waals surface area (Å²) in [4.78, 5) is 18.9. The van der Waals surface area contributed by atoms with E-state index in [9.17, 15) is 4.79 Å². The van der Waals surface area contributed by atoms with Crippen molar-refractivity contribution in [2.75, 3.05) is 7.11 Å². The molecule has 0 amide bonds. The predicted octanol–water partition coefficient (Wildman–Crippen LogP) is 0.860. The van der Waals surface area contributed by atoms with Crippen LogP contribution in [-0.4, -0.2) is 33.2 Å². The van der Waals surface area contributed by atoms with Crippen LogP contribution in [0.15, 0.2) is 12.3 Å². The molecule has 6 nitrogen and oxygen atoms in total. The smallest absolute Gasteiger partial charge is 0.356 e. The molecule has 76 valence electrons. The van der Waals surface area contributed by atoms with Gasteiger partial charge in [-0.1, -0.05) is 0 Å². The highest BCUT2D eigenvalue weighted by atomic mass is 35.5. The number of methoxy groups -OCH3 is 1. The Kier molecular flexibility index (Phi) is 2.42. The summed E-state index contributed by atoms with van der Waals surface area (Å²) in [5, 5.41) is 7.36. The molecule has 0 aromatic carbocycles. The zero-order chi connectivity index (χ0) is 10.8. The minimum absolute atomic E-state index is 0.0371. The van der Waals surface area contributed by atoms with Gasteiger partial charge >= 0.3 is 5.97 Å². The second-order valence-corrected chi connectivity index (χ2v) is 2.97. The summed E-state index contributed by atoms with van der Waals surface area (Å²) < 4.78 is 4.51. The first kappa shape index (κ1) is 9.72. The Bertz CT molecular complexity index is 531. The van der Waals surface area contributed by atoms with Gasteiger partial charge in [-0.05, 0) is 11.6 Å². The number of fused-ring (bicyclic) bond motifs is 1. The van der Waals surface area contributed by atoms with Crippen LogP contribution >= 0.6 is 11.6 Å². The minimum Gasteiger partial charge on any atom is -0.464 e. The van der Waals surface area contributed by atoms with Crippen molar-refractivity contribution >= 4 is 28.6 Å². The molecule has 0 N–H and O–H groups in total. The number of hydrogen-bond acceptors (Lipinski definition) is 6. The summed E-state index contributed by atoms with van der Waals surface area (Å²) in [5.41, 5.74) is 1.07. The van der Waals surface area contributed by atoms with Crippen molar-refractivity contribution in [3.63, 3.8) is 0 Å². The average Bonchev–Trinajstić information content (AvgIpc) is 2.27. The first-order valence-corrected chi connectivity index (χ1v) is 4.33. The summed E-state index contributed by atoms with van der Waals surface area (Å²) in [6, 6.07) is 1.44. The third-order valence-corrected chi connectivity index (χ3v) is 1.87. The summed E-state index contributed by atoms with van der Waals surface area (Å²) in [6.45, 7) is 0. The molecule has 0 fully saturated rings. The van der Waals surface area contributed by atoms with Crippen LogP contribution in [0.4, 0.5) is 0 Å². The molecular formula is C8H5ClN4O2. The Labute approximate surface area is 89.3 Å². The molecule has 2 heterocycles. The fourth-order valence-corrected chi connectivity index (χ4v) is 1.17.